The number of phosphoric acid groups is 2. The Morgan fingerprint density at radius 2 is 0.505 bits per heavy atom. The molecular weight excluding hydrogens is 1200 g/mol. The third-order valence-electron chi connectivity index (χ3n) is 16.6. The number of phosphoric ester groups is 2. The van der Waals surface area contributed by atoms with Gasteiger partial charge in [-0.2, -0.15) is 0 Å². The smallest absolute Gasteiger partial charge is 0.462 e. The molecule has 0 saturated carbocycles. The van der Waals surface area contributed by atoms with Crippen LogP contribution >= 0.6 is 15.6 Å². The maximum atomic E-state index is 13.0. The minimum absolute atomic E-state index is 0.103. The number of ether oxygens (including phenoxy) is 4. The first-order valence-electron chi connectivity index (χ1n) is 37.3. The first kappa shape index (κ1) is 89.1. The lowest BCUT2D eigenvalue weighted by Crippen LogP contribution is -2.30. The standard InChI is InChI=1S/C72H140O17P2/c1-8-9-10-11-12-13-25-32-39-46-53-69(74)82-60-68(89-72(77)56-49-42-35-28-31-38-45-52-65(6)7)62-87-91(80,81)85-58-66(73)57-84-90(78,79)86-61-67(59-83-70(75)54-47-40-33-27-22-24-30-37-44-51-64(4)5)88-71(76)55-48-41-34-26-21-19-17-15-14-16-18-20-23-29-36-43-50-63(2)3/h63-68,73H,8-62H2,1-7H3,(H,78,79)(H,80,81)/t66-,67-,68-/m1/s1. The van der Waals surface area contributed by atoms with E-state index in [9.17, 15) is 43.2 Å². The lowest BCUT2D eigenvalue weighted by Gasteiger charge is -2.21. The highest BCUT2D eigenvalue weighted by Crippen LogP contribution is 2.45. The molecule has 19 heteroatoms. The lowest BCUT2D eigenvalue weighted by molar-refractivity contribution is -0.161. The number of hydrogen-bond acceptors (Lipinski definition) is 15. The summed E-state index contributed by atoms with van der Waals surface area (Å²) in [7, 11) is -9.90. The van der Waals surface area contributed by atoms with Gasteiger partial charge in [0.1, 0.15) is 19.3 Å². The second-order valence-electron chi connectivity index (χ2n) is 27.4. The van der Waals surface area contributed by atoms with E-state index in [2.05, 4.69) is 48.5 Å². The van der Waals surface area contributed by atoms with Gasteiger partial charge in [-0.1, -0.05) is 312 Å². The predicted molar refractivity (Wildman–Crippen MR) is 368 cm³/mol. The van der Waals surface area contributed by atoms with Crippen molar-refractivity contribution in [2.45, 2.75) is 381 Å². The molecule has 0 aliphatic heterocycles. The summed E-state index contributed by atoms with van der Waals surface area (Å²) in [5.74, 6) is 0.123. The Hall–Kier alpha value is -1.94. The summed E-state index contributed by atoms with van der Waals surface area (Å²) in [6.45, 7) is 11.8. The molecule has 17 nitrogen and oxygen atoms in total. The van der Waals surface area contributed by atoms with Gasteiger partial charge in [-0.3, -0.25) is 37.3 Å². The minimum Gasteiger partial charge on any atom is -0.462 e. The molecule has 0 fully saturated rings. The molecule has 5 atom stereocenters. The van der Waals surface area contributed by atoms with Crippen LogP contribution in [0.2, 0.25) is 0 Å². The summed E-state index contributed by atoms with van der Waals surface area (Å²) < 4.78 is 68.3. The fourth-order valence-corrected chi connectivity index (χ4v) is 12.5. The fraction of sp³-hybridized carbons (Fsp3) is 0.944. The molecule has 0 heterocycles. The van der Waals surface area contributed by atoms with Crippen molar-refractivity contribution < 1.29 is 80.2 Å². The number of rotatable bonds is 70. The van der Waals surface area contributed by atoms with Crippen LogP contribution in [0, 0.1) is 17.8 Å². The van der Waals surface area contributed by atoms with Crippen LogP contribution in [-0.2, 0) is 65.4 Å². The molecule has 0 spiro atoms. The molecule has 0 radical (unpaired) electrons. The molecule has 0 saturated heterocycles. The van der Waals surface area contributed by atoms with Gasteiger partial charge in [0.2, 0.25) is 0 Å². The van der Waals surface area contributed by atoms with Crippen LogP contribution in [0.5, 0.6) is 0 Å². The van der Waals surface area contributed by atoms with Gasteiger partial charge in [0.05, 0.1) is 26.4 Å². The highest BCUT2D eigenvalue weighted by Gasteiger charge is 2.30. The Morgan fingerprint density at radius 3 is 0.747 bits per heavy atom. The Morgan fingerprint density at radius 1 is 0.297 bits per heavy atom. The quantitative estimate of drug-likeness (QED) is 0.0222. The number of carbonyl (C=O) groups excluding carboxylic acids is 4. The van der Waals surface area contributed by atoms with Crippen molar-refractivity contribution in [3.05, 3.63) is 0 Å². The van der Waals surface area contributed by atoms with Gasteiger partial charge in [0, 0.05) is 25.7 Å². The third kappa shape index (κ3) is 66.5. The summed E-state index contributed by atoms with van der Waals surface area (Å²) in [6.07, 6.45) is 47.3. The molecule has 3 N–H and O–H groups in total. The van der Waals surface area contributed by atoms with E-state index in [4.69, 9.17) is 37.0 Å². The van der Waals surface area contributed by atoms with Crippen molar-refractivity contribution in [2.75, 3.05) is 39.6 Å². The van der Waals surface area contributed by atoms with Crippen LogP contribution in [0.15, 0.2) is 0 Å². The summed E-state index contributed by atoms with van der Waals surface area (Å²) in [5, 5.41) is 10.6. The molecular formula is C72H140O17P2. The molecule has 0 aromatic carbocycles. The zero-order valence-electron chi connectivity index (χ0n) is 59.3. The van der Waals surface area contributed by atoms with Gasteiger partial charge < -0.3 is 33.8 Å². The maximum absolute atomic E-state index is 13.0. The minimum atomic E-state index is -4.95. The zero-order valence-corrected chi connectivity index (χ0v) is 61.1. The molecule has 0 amide bonds. The molecule has 0 bridgehead atoms. The normalized spacial score (nSPS) is 14.2. The maximum Gasteiger partial charge on any atom is 0.472 e. The Balaban J connectivity index is 5.21. The number of esters is 4. The molecule has 540 valence electrons. The fourth-order valence-electron chi connectivity index (χ4n) is 10.9. The van der Waals surface area contributed by atoms with Gasteiger partial charge in [-0.15, -0.1) is 0 Å². The SMILES string of the molecule is CCCCCCCCCCCCC(=O)OC[C@H](COP(=O)(O)OC[C@H](O)COP(=O)(O)OC[C@@H](COC(=O)CCCCCCCCCCCC(C)C)OC(=O)CCCCCCCCCCCCCCCCCCC(C)C)OC(=O)CCCCCCCCCC(C)C. The summed E-state index contributed by atoms with van der Waals surface area (Å²) in [6, 6.07) is 0. The van der Waals surface area contributed by atoms with Crippen LogP contribution < -0.4 is 0 Å². The molecule has 0 aliphatic rings. The van der Waals surface area contributed by atoms with Crippen molar-refractivity contribution in [1.82, 2.24) is 0 Å². The molecule has 0 aliphatic carbocycles. The zero-order chi connectivity index (χ0) is 67.3. The summed E-state index contributed by atoms with van der Waals surface area (Å²) >= 11 is 0. The van der Waals surface area contributed by atoms with E-state index in [1.807, 2.05) is 0 Å². The summed E-state index contributed by atoms with van der Waals surface area (Å²) in [5.41, 5.74) is 0. The van der Waals surface area contributed by atoms with Gasteiger partial charge >= 0.3 is 39.5 Å². The molecule has 2 unspecified atom stereocenters. The monoisotopic (exact) mass is 1340 g/mol. The number of carbonyl (C=O) groups is 4. The van der Waals surface area contributed by atoms with Crippen LogP contribution in [0.4, 0.5) is 0 Å². The Labute approximate surface area is 556 Å². The van der Waals surface area contributed by atoms with E-state index in [1.54, 1.807) is 0 Å². The predicted octanol–water partition coefficient (Wildman–Crippen LogP) is 20.6. The molecule has 0 rings (SSSR count). The Bertz CT molecular complexity index is 1780. The van der Waals surface area contributed by atoms with Crippen molar-refractivity contribution in [3.63, 3.8) is 0 Å². The van der Waals surface area contributed by atoms with Gasteiger partial charge in [0.15, 0.2) is 12.2 Å². The highest BCUT2D eigenvalue weighted by atomic mass is 31.2. The van der Waals surface area contributed by atoms with Gasteiger partial charge in [0.25, 0.3) is 0 Å². The van der Waals surface area contributed by atoms with Crippen LogP contribution in [-0.4, -0.2) is 96.7 Å². The Kier molecular flexibility index (Phi) is 61.5. The highest BCUT2D eigenvalue weighted by molar-refractivity contribution is 7.47. The number of hydrogen-bond donors (Lipinski definition) is 3. The second-order valence-corrected chi connectivity index (χ2v) is 30.3. The average Bonchev–Trinajstić information content (AvgIpc) is 3.58. The van der Waals surface area contributed by atoms with E-state index >= 15 is 0 Å². The molecule has 91 heavy (non-hydrogen) atoms. The lowest BCUT2D eigenvalue weighted by atomic mass is 10.0. The number of aliphatic hydroxyl groups excluding tert-OH is 1. The van der Waals surface area contributed by atoms with Crippen LogP contribution in [0.25, 0.3) is 0 Å². The third-order valence-corrected chi connectivity index (χ3v) is 18.5. The van der Waals surface area contributed by atoms with Gasteiger partial charge in [-0.25, -0.2) is 9.13 Å². The van der Waals surface area contributed by atoms with E-state index in [0.29, 0.717) is 31.6 Å². The van der Waals surface area contributed by atoms with E-state index < -0.39 is 97.5 Å². The first-order chi connectivity index (χ1) is 43.7. The van der Waals surface area contributed by atoms with Crippen molar-refractivity contribution in [2.24, 2.45) is 17.8 Å². The number of unbranched alkanes of at least 4 members (excludes halogenated alkanes) is 38. The van der Waals surface area contributed by atoms with Crippen molar-refractivity contribution in [1.29, 1.82) is 0 Å². The van der Waals surface area contributed by atoms with E-state index in [0.717, 1.165) is 102 Å². The average molecular weight is 1340 g/mol. The van der Waals surface area contributed by atoms with Gasteiger partial charge in [-0.05, 0) is 43.4 Å². The van der Waals surface area contributed by atoms with Crippen LogP contribution in [0.3, 0.4) is 0 Å². The van der Waals surface area contributed by atoms with E-state index in [1.165, 1.54) is 173 Å². The topological polar surface area (TPSA) is 237 Å². The summed E-state index contributed by atoms with van der Waals surface area (Å²) in [4.78, 5) is 72.5. The first-order valence-corrected chi connectivity index (χ1v) is 40.3. The molecule has 0 aromatic rings. The molecule has 0 aromatic heterocycles. The van der Waals surface area contributed by atoms with E-state index in [-0.39, 0.29) is 25.7 Å². The van der Waals surface area contributed by atoms with Crippen LogP contribution in [0.1, 0.15) is 363 Å². The number of aliphatic hydroxyl groups is 1. The second kappa shape index (κ2) is 62.8. The van der Waals surface area contributed by atoms with Crippen molar-refractivity contribution >= 4 is 39.5 Å². The largest absolute Gasteiger partial charge is 0.472 e. The van der Waals surface area contributed by atoms with Crippen molar-refractivity contribution in [3.8, 4) is 0 Å².